The van der Waals surface area contributed by atoms with E-state index in [-0.39, 0.29) is 30.0 Å². The zero-order chi connectivity index (χ0) is 20.3. The minimum Gasteiger partial charge on any atom is -0.366 e. The molecule has 148 valence electrons. The van der Waals surface area contributed by atoms with Crippen LogP contribution in [0.15, 0.2) is 36.7 Å². The molecule has 2 heterocycles. The summed E-state index contributed by atoms with van der Waals surface area (Å²) >= 11 is 0. The topological polar surface area (TPSA) is 84.2 Å². The number of nitrogens with one attached hydrogen (secondary N) is 2. The highest BCUT2D eigenvalue weighted by atomic mass is 19.4. The Morgan fingerprint density at radius 2 is 2.07 bits per heavy atom. The van der Waals surface area contributed by atoms with Gasteiger partial charge in [-0.1, -0.05) is 26.0 Å². The lowest BCUT2D eigenvalue weighted by Crippen LogP contribution is -2.19. The number of anilines is 2. The van der Waals surface area contributed by atoms with Crippen LogP contribution in [0.1, 0.15) is 31.5 Å². The molecule has 0 fully saturated rings. The molecule has 2 aromatic heterocycles. The molecule has 2 N–H and O–H groups in total. The van der Waals surface area contributed by atoms with Gasteiger partial charge in [0.1, 0.15) is 12.1 Å². The summed E-state index contributed by atoms with van der Waals surface area (Å²) in [6.45, 7) is 3.99. The van der Waals surface area contributed by atoms with E-state index in [2.05, 4.69) is 25.7 Å². The Morgan fingerprint density at radius 1 is 1.29 bits per heavy atom. The smallest absolute Gasteiger partial charge is 0.366 e. The van der Waals surface area contributed by atoms with Crippen LogP contribution in [0.25, 0.3) is 5.78 Å². The highest BCUT2D eigenvalue weighted by Gasteiger charge is 2.34. The van der Waals surface area contributed by atoms with Gasteiger partial charge in [-0.15, -0.1) is 0 Å². The average molecular weight is 392 g/mol. The standard InChI is InChI=1S/C18H19F3N6O/c1-3-11(2)16(28)25-13-6-4-5-12(7-13)9-22-15-8-14(18(19,20)21)26-17-23-10-24-27(15)17/h4-8,10-11,22H,3,9H2,1-2H3,(H,25,28). The van der Waals surface area contributed by atoms with Gasteiger partial charge < -0.3 is 10.6 Å². The molecule has 0 radical (unpaired) electrons. The van der Waals surface area contributed by atoms with Crippen molar-refractivity contribution in [1.82, 2.24) is 19.6 Å². The van der Waals surface area contributed by atoms with Crippen molar-refractivity contribution in [2.45, 2.75) is 33.0 Å². The van der Waals surface area contributed by atoms with E-state index in [4.69, 9.17) is 0 Å². The normalized spacial score (nSPS) is 12.8. The van der Waals surface area contributed by atoms with Gasteiger partial charge in [-0.25, -0.2) is 4.98 Å². The van der Waals surface area contributed by atoms with Crippen LogP contribution in [0, 0.1) is 5.92 Å². The predicted molar refractivity (Wildman–Crippen MR) is 97.6 cm³/mol. The maximum absolute atomic E-state index is 13.0. The van der Waals surface area contributed by atoms with E-state index in [1.54, 1.807) is 24.3 Å². The lowest BCUT2D eigenvalue weighted by atomic mass is 10.1. The van der Waals surface area contributed by atoms with E-state index < -0.39 is 11.9 Å². The molecule has 0 saturated carbocycles. The molecule has 28 heavy (non-hydrogen) atoms. The van der Waals surface area contributed by atoms with E-state index in [0.717, 1.165) is 24.4 Å². The molecule has 0 aliphatic heterocycles. The van der Waals surface area contributed by atoms with Gasteiger partial charge in [-0.2, -0.15) is 27.8 Å². The van der Waals surface area contributed by atoms with Crippen LogP contribution >= 0.6 is 0 Å². The first-order valence-corrected chi connectivity index (χ1v) is 8.69. The highest BCUT2D eigenvalue weighted by Crippen LogP contribution is 2.29. The molecule has 1 aromatic carbocycles. The second kappa shape index (κ2) is 7.83. The molecule has 1 unspecified atom stereocenters. The summed E-state index contributed by atoms with van der Waals surface area (Å²) in [7, 11) is 0. The molecule has 7 nitrogen and oxygen atoms in total. The van der Waals surface area contributed by atoms with Gasteiger partial charge in [0.15, 0.2) is 5.69 Å². The van der Waals surface area contributed by atoms with Gasteiger partial charge in [-0.05, 0) is 24.1 Å². The van der Waals surface area contributed by atoms with E-state index in [9.17, 15) is 18.0 Å². The molecule has 10 heteroatoms. The number of carbonyl (C=O) groups is 1. The van der Waals surface area contributed by atoms with Crippen molar-refractivity contribution in [2.75, 3.05) is 10.6 Å². The third-order valence-corrected chi connectivity index (χ3v) is 4.27. The van der Waals surface area contributed by atoms with Crippen LogP contribution in [-0.4, -0.2) is 25.5 Å². The Kier molecular flexibility index (Phi) is 5.48. The van der Waals surface area contributed by atoms with Crippen molar-refractivity contribution in [2.24, 2.45) is 5.92 Å². The van der Waals surface area contributed by atoms with E-state index in [1.165, 1.54) is 4.52 Å². The minimum absolute atomic E-state index is 0.0825. The van der Waals surface area contributed by atoms with Crippen molar-refractivity contribution in [3.05, 3.63) is 47.9 Å². The number of carbonyl (C=O) groups excluding carboxylic acids is 1. The van der Waals surface area contributed by atoms with Crippen LogP contribution in [0.5, 0.6) is 0 Å². The summed E-state index contributed by atoms with van der Waals surface area (Å²) in [5.74, 6) is -0.225. The molecule has 0 bridgehead atoms. The molecular formula is C18H19F3N6O. The van der Waals surface area contributed by atoms with E-state index >= 15 is 0 Å². The molecule has 3 aromatic rings. The van der Waals surface area contributed by atoms with Crippen LogP contribution in [-0.2, 0) is 17.5 Å². The minimum atomic E-state index is -4.59. The fraction of sp³-hybridized carbons (Fsp3) is 0.333. The molecule has 3 rings (SSSR count). The first kappa shape index (κ1) is 19.6. The fourth-order valence-electron chi connectivity index (χ4n) is 2.49. The average Bonchev–Trinajstić information content (AvgIpc) is 3.13. The number of hydrogen-bond donors (Lipinski definition) is 2. The van der Waals surface area contributed by atoms with Crippen molar-refractivity contribution >= 4 is 23.2 Å². The van der Waals surface area contributed by atoms with Crippen molar-refractivity contribution < 1.29 is 18.0 Å². The van der Waals surface area contributed by atoms with Crippen molar-refractivity contribution in [3.8, 4) is 0 Å². The SMILES string of the molecule is CCC(C)C(=O)Nc1cccc(CNc2cc(C(F)(F)F)nc3ncnn23)c1. The number of amides is 1. The number of benzene rings is 1. The number of aromatic nitrogens is 4. The van der Waals surface area contributed by atoms with E-state index in [0.29, 0.717) is 5.69 Å². The first-order chi connectivity index (χ1) is 13.3. The number of nitrogens with zero attached hydrogens (tertiary/aromatic N) is 4. The maximum Gasteiger partial charge on any atom is 0.433 e. The summed E-state index contributed by atoms with van der Waals surface area (Å²) in [5, 5.41) is 9.65. The Bertz CT molecular complexity index is 985. The number of fused-ring (bicyclic) bond motifs is 1. The summed E-state index contributed by atoms with van der Waals surface area (Å²) < 4.78 is 40.3. The zero-order valence-corrected chi connectivity index (χ0v) is 15.3. The first-order valence-electron chi connectivity index (χ1n) is 8.69. The molecule has 0 saturated heterocycles. The maximum atomic E-state index is 13.0. The third-order valence-electron chi connectivity index (χ3n) is 4.27. The largest absolute Gasteiger partial charge is 0.433 e. The molecular weight excluding hydrogens is 373 g/mol. The summed E-state index contributed by atoms with van der Waals surface area (Å²) in [4.78, 5) is 19.2. The zero-order valence-electron chi connectivity index (χ0n) is 15.3. The Labute approximate surface area is 159 Å². The summed E-state index contributed by atoms with van der Waals surface area (Å²) in [6.07, 6.45) is -2.73. The lowest BCUT2D eigenvalue weighted by Gasteiger charge is -2.13. The quantitative estimate of drug-likeness (QED) is 0.668. The van der Waals surface area contributed by atoms with Crippen LogP contribution in [0.4, 0.5) is 24.7 Å². The van der Waals surface area contributed by atoms with E-state index in [1.807, 2.05) is 13.8 Å². The van der Waals surface area contributed by atoms with Gasteiger partial charge in [0.2, 0.25) is 5.91 Å². The summed E-state index contributed by atoms with van der Waals surface area (Å²) in [5.41, 5.74) is 0.354. The van der Waals surface area contributed by atoms with Gasteiger partial charge in [0.05, 0.1) is 0 Å². The monoisotopic (exact) mass is 392 g/mol. The third kappa shape index (κ3) is 4.38. The van der Waals surface area contributed by atoms with Crippen LogP contribution in [0.3, 0.4) is 0 Å². The fourth-order valence-corrected chi connectivity index (χ4v) is 2.49. The number of halogens is 3. The second-order valence-electron chi connectivity index (χ2n) is 6.35. The Morgan fingerprint density at radius 3 is 2.79 bits per heavy atom. The van der Waals surface area contributed by atoms with Crippen LogP contribution < -0.4 is 10.6 Å². The van der Waals surface area contributed by atoms with Crippen LogP contribution in [0.2, 0.25) is 0 Å². The number of rotatable bonds is 6. The highest BCUT2D eigenvalue weighted by molar-refractivity contribution is 5.92. The Hall–Kier alpha value is -3.17. The van der Waals surface area contributed by atoms with Crippen molar-refractivity contribution in [1.29, 1.82) is 0 Å². The predicted octanol–water partition coefficient (Wildman–Crippen LogP) is 3.74. The summed E-state index contributed by atoms with van der Waals surface area (Å²) in [6, 6.07) is 7.97. The second-order valence-corrected chi connectivity index (χ2v) is 6.35. The van der Waals surface area contributed by atoms with Gasteiger partial charge >= 0.3 is 6.18 Å². The molecule has 0 aliphatic carbocycles. The molecule has 1 atom stereocenters. The lowest BCUT2D eigenvalue weighted by molar-refractivity contribution is -0.141. The molecule has 0 spiro atoms. The van der Waals surface area contributed by atoms with Crippen molar-refractivity contribution in [3.63, 3.8) is 0 Å². The van der Waals surface area contributed by atoms with Gasteiger partial charge in [0.25, 0.3) is 5.78 Å². The van der Waals surface area contributed by atoms with Gasteiger partial charge in [-0.3, -0.25) is 4.79 Å². The number of alkyl halides is 3. The molecule has 1 amide bonds. The molecule has 0 aliphatic rings. The van der Waals surface area contributed by atoms with Gasteiger partial charge in [0, 0.05) is 24.2 Å². The number of hydrogen-bond acceptors (Lipinski definition) is 5. The Balaban J connectivity index is 1.78.